The number of nitro groups is 1. The van der Waals surface area contributed by atoms with Gasteiger partial charge in [-0.25, -0.2) is 0 Å². The first kappa shape index (κ1) is 9.67. The molecule has 0 saturated carbocycles. The molecule has 0 heterocycles. The summed E-state index contributed by atoms with van der Waals surface area (Å²) in [5.74, 6) is 0. The minimum absolute atomic E-state index is 0.188. The van der Waals surface area contributed by atoms with Gasteiger partial charge in [0.05, 0.1) is 4.92 Å². The molecule has 0 aliphatic carbocycles. The van der Waals surface area contributed by atoms with E-state index in [1.165, 1.54) is 0 Å². The minimum atomic E-state index is -0.353. The molecule has 1 N–H and O–H groups in total. The lowest BCUT2D eigenvalue weighted by molar-refractivity contribution is -0.385. The van der Waals surface area contributed by atoms with E-state index in [4.69, 9.17) is 0 Å². The van der Waals surface area contributed by atoms with Crippen LogP contribution in [0.25, 0.3) is 0 Å². The van der Waals surface area contributed by atoms with Crippen LogP contribution in [0.15, 0.2) is 18.2 Å². The van der Waals surface area contributed by atoms with Crippen molar-refractivity contribution in [3.63, 3.8) is 0 Å². The molecule has 0 aliphatic heterocycles. The van der Waals surface area contributed by atoms with E-state index in [9.17, 15) is 10.1 Å². The minimum Gasteiger partial charge on any atom is -0.316 e. The summed E-state index contributed by atoms with van der Waals surface area (Å²) in [6.07, 6.45) is 0. The molecule has 0 amide bonds. The summed E-state index contributed by atoms with van der Waals surface area (Å²) in [7, 11) is 1.81. The number of nitrogens with one attached hydrogen (secondary N) is 1. The van der Waals surface area contributed by atoms with Crippen LogP contribution in [0.2, 0.25) is 0 Å². The molecule has 1 aromatic rings. The van der Waals surface area contributed by atoms with E-state index in [0.29, 0.717) is 12.1 Å². The lowest BCUT2D eigenvalue weighted by Gasteiger charge is -2.01. The van der Waals surface area contributed by atoms with Gasteiger partial charge in [-0.1, -0.05) is 12.1 Å². The summed E-state index contributed by atoms with van der Waals surface area (Å²) in [4.78, 5) is 10.2. The van der Waals surface area contributed by atoms with E-state index >= 15 is 0 Å². The lowest BCUT2D eigenvalue weighted by atomic mass is 10.1. The Morgan fingerprint density at radius 2 is 2.23 bits per heavy atom. The van der Waals surface area contributed by atoms with Crippen LogP contribution in [-0.4, -0.2) is 12.0 Å². The molecule has 1 rings (SSSR count). The van der Waals surface area contributed by atoms with Crippen LogP contribution < -0.4 is 5.32 Å². The summed E-state index contributed by atoms with van der Waals surface area (Å²) in [6, 6.07) is 5.26. The van der Waals surface area contributed by atoms with Gasteiger partial charge in [0.25, 0.3) is 5.69 Å². The first-order valence-corrected chi connectivity index (χ1v) is 4.03. The molecule has 4 heteroatoms. The third-order valence-corrected chi connectivity index (χ3v) is 1.85. The second kappa shape index (κ2) is 4.00. The highest BCUT2D eigenvalue weighted by Crippen LogP contribution is 2.18. The van der Waals surface area contributed by atoms with Gasteiger partial charge in [-0.15, -0.1) is 0 Å². The van der Waals surface area contributed by atoms with Gasteiger partial charge in [-0.3, -0.25) is 10.1 Å². The number of hydrogen-bond acceptors (Lipinski definition) is 3. The number of nitrogens with zero attached hydrogens (tertiary/aromatic N) is 1. The lowest BCUT2D eigenvalue weighted by Crippen LogP contribution is -2.05. The number of rotatable bonds is 3. The third-order valence-electron chi connectivity index (χ3n) is 1.85. The van der Waals surface area contributed by atoms with Crippen molar-refractivity contribution in [2.75, 3.05) is 7.05 Å². The van der Waals surface area contributed by atoms with Crippen LogP contribution in [-0.2, 0) is 6.54 Å². The van der Waals surface area contributed by atoms with Crippen molar-refractivity contribution in [1.82, 2.24) is 5.32 Å². The second-order valence-corrected chi connectivity index (χ2v) is 2.91. The Hall–Kier alpha value is -1.42. The van der Waals surface area contributed by atoms with Crippen molar-refractivity contribution in [3.05, 3.63) is 39.4 Å². The Morgan fingerprint density at radius 3 is 2.77 bits per heavy atom. The Labute approximate surface area is 76.7 Å². The maximum Gasteiger partial charge on any atom is 0.272 e. The Kier molecular flexibility index (Phi) is 2.97. The van der Waals surface area contributed by atoms with E-state index in [1.54, 1.807) is 19.1 Å². The predicted octanol–water partition coefficient (Wildman–Crippen LogP) is 1.62. The summed E-state index contributed by atoms with van der Waals surface area (Å²) < 4.78 is 0. The summed E-state index contributed by atoms with van der Waals surface area (Å²) in [5, 5.41) is 13.5. The molecule has 0 bridgehead atoms. The molecule has 0 atom stereocenters. The fourth-order valence-electron chi connectivity index (χ4n) is 1.17. The van der Waals surface area contributed by atoms with E-state index in [2.05, 4.69) is 5.32 Å². The van der Waals surface area contributed by atoms with Gasteiger partial charge in [-0.05, 0) is 19.5 Å². The number of benzene rings is 1. The van der Waals surface area contributed by atoms with Gasteiger partial charge in [0, 0.05) is 18.2 Å². The van der Waals surface area contributed by atoms with Crippen LogP contribution in [0.3, 0.4) is 0 Å². The molecule has 0 radical (unpaired) electrons. The smallest absolute Gasteiger partial charge is 0.272 e. The molecule has 0 saturated heterocycles. The van der Waals surface area contributed by atoms with Crippen LogP contribution in [0.4, 0.5) is 5.69 Å². The fourth-order valence-corrected chi connectivity index (χ4v) is 1.17. The van der Waals surface area contributed by atoms with E-state index in [-0.39, 0.29) is 10.6 Å². The van der Waals surface area contributed by atoms with Gasteiger partial charge in [0.15, 0.2) is 0 Å². The highest BCUT2D eigenvalue weighted by molar-refractivity contribution is 5.42. The van der Waals surface area contributed by atoms with Crippen molar-refractivity contribution in [2.45, 2.75) is 13.5 Å². The van der Waals surface area contributed by atoms with Crippen LogP contribution >= 0.6 is 0 Å². The van der Waals surface area contributed by atoms with Gasteiger partial charge in [0.1, 0.15) is 0 Å². The van der Waals surface area contributed by atoms with Crippen molar-refractivity contribution in [3.8, 4) is 0 Å². The maximum absolute atomic E-state index is 10.6. The molecule has 0 aromatic heterocycles. The average Bonchev–Trinajstić information content (AvgIpc) is 2.08. The average molecular weight is 180 g/mol. The highest BCUT2D eigenvalue weighted by Gasteiger charge is 2.09. The first-order valence-electron chi connectivity index (χ1n) is 4.03. The maximum atomic E-state index is 10.6. The molecule has 0 unspecified atom stereocenters. The third kappa shape index (κ3) is 2.26. The Bertz CT molecular complexity index is 323. The van der Waals surface area contributed by atoms with Crippen molar-refractivity contribution in [1.29, 1.82) is 0 Å². The van der Waals surface area contributed by atoms with Gasteiger partial charge in [-0.2, -0.15) is 0 Å². The number of hydrogen-bond donors (Lipinski definition) is 1. The molecule has 70 valence electrons. The van der Waals surface area contributed by atoms with E-state index in [1.807, 2.05) is 13.1 Å². The fraction of sp³-hybridized carbons (Fsp3) is 0.333. The number of aryl methyl sites for hydroxylation is 1. The zero-order chi connectivity index (χ0) is 9.84. The van der Waals surface area contributed by atoms with Crippen LogP contribution in [0.5, 0.6) is 0 Å². The topological polar surface area (TPSA) is 55.2 Å². The van der Waals surface area contributed by atoms with Gasteiger partial charge in [0.2, 0.25) is 0 Å². The van der Waals surface area contributed by atoms with Crippen molar-refractivity contribution in [2.24, 2.45) is 0 Å². The summed E-state index contributed by atoms with van der Waals surface area (Å²) >= 11 is 0. The normalized spacial score (nSPS) is 10.0. The summed E-state index contributed by atoms with van der Waals surface area (Å²) in [6.45, 7) is 2.39. The zero-order valence-electron chi connectivity index (χ0n) is 7.70. The highest BCUT2D eigenvalue weighted by atomic mass is 16.6. The molecule has 4 nitrogen and oxygen atoms in total. The zero-order valence-corrected chi connectivity index (χ0v) is 7.70. The van der Waals surface area contributed by atoms with Crippen molar-refractivity contribution < 1.29 is 4.92 Å². The predicted molar refractivity (Wildman–Crippen MR) is 50.6 cm³/mol. The monoisotopic (exact) mass is 180 g/mol. The largest absolute Gasteiger partial charge is 0.316 e. The molecule has 0 fully saturated rings. The second-order valence-electron chi connectivity index (χ2n) is 2.91. The standard InChI is InChI=1S/C9H12N2O2/c1-7-3-4-8(6-10-2)5-9(7)11(12)13/h3-5,10H,6H2,1-2H3. The van der Waals surface area contributed by atoms with Crippen molar-refractivity contribution >= 4 is 5.69 Å². The molecule has 13 heavy (non-hydrogen) atoms. The molecular formula is C9H12N2O2. The SMILES string of the molecule is CNCc1ccc(C)c([N+](=O)[O-])c1. The van der Waals surface area contributed by atoms with E-state index in [0.717, 1.165) is 5.56 Å². The molecule has 0 aliphatic rings. The molecule has 0 spiro atoms. The quantitative estimate of drug-likeness (QED) is 0.568. The Balaban J connectivity index is 3.04. The molecular weight excluding hydrogens is 168 g/mol. The number of nitro benzene ring substituents is 1. The van der Waals surface area contributed by atoms with Gasteiger partial charge < -0.3 is 5.32 Å². The van der Waals surface area contributed by atoms with Crippen LogP contribution in [0.1, 0.15) is 11.1 Å². The molecule has 1 aromatic carbocycles. The van der Waals surface area contributed by atoms with Gasteiger partial charge >= 0.3 is 0 Å². The van der Waals surface area contributed by atoms with E-state index < -0.39 is 0 Å². The Morgan fingerprint density at radius 1 is 1.54 bits per heavy atom. The summed E-state index contributed by atoms with van der Waals surface area (Å²) in [5.41, 5.74) is 1.82. The van der Waals surface area contributed by atoms with Crippen LogP contribution in [0, 0.1) is 17.0 Å². The first-order chi connectivity index (χ1) is 6.15.